The molecule has 4 N–H and O–H groups in total. The lowest BCUT2D eigenvalue weighted by Gasteiger charge is -2.55. The molecule has 0 bridgehead atoms. The van der Waals surface area contributed by atoms with E-state index in [0.29, 0.717) is 64.2 Å². The average molecular weight is 873 g/mol. The number of nitrogens with zero attached hydrogens (tertiary/aromatic N) is 1. The number of carbonyl (C=O) groups is 3. The van der Waals surface area contributed by atoms with Crippen molar-refractivity contribution >= 4 is 17.8 Å². The molecule has 0 aromatic carbocycles. The van der Waals surface area contributed by atoms with Gasteiger partial charge in [-0.05, 0) is 110 Å². The van der Waals surface area contributed by atoms with Crippen LogP contribution in [0.1, 0.15) is 154 Å². The summed E-state index contributed by atoms with van der Waals surface area (Å²) in [7, 11) is 0. The Labute approximate surface area is 369 Å². The lowest BCUT2D eigenvalue weighted by Crippen LogP contribution is -2.66. The summed E-state index contributed by atoms with van der Waals surface area (Å²) >= 11 is 0. The van der Waals surface area contributed by atoms with Gasteiger partial charge in [0.2, 0.25) is 0 Å². The number of Topliss-reactive ketones (excluding diaryl/α,β-unsaturated/α-hetero) is 1. The predicted molar refractivity (Wildman–Crippen MR) is 228 cm³/mol. The lowest BCUT2D eigenvalue weighted by atomic mass is 9.72. The number of ether oxygens (including phenoxy) is 6. The van der Waals surface area contributed by atoms with Crippen LogP contribution in [0.5, 0.6) is 0 Å². The minimum Gasteiger partial charge on any atom is -0.481 e. The maximum Gasteiger partial charge on any atom is 0.409 e. The molecule has 18 atom stereocenters. The molecule has 1 amide bonds. The number of aliphatic hydroxyl groups is 2. The van der Waals surface area contributed by atoms with Crippen LogP contribution in [0.3, 0.4) is 0 Å². The van der Waals surface area contributed by atoms with E-state index in [4.69, 9.17) is 28.4 Å². The number of hydrogen-bond donors (Lipinski definition) is 4. The summed E-state index contributed by atoms with van der Waals surface area (Å²) < 4.78 is 40.1. The van der Waals surface area contributed by atoms with Crippen LogP contribution in [0.25, 0.3) is 0 Å². The van der Waals surface area contributed by atoms with Crippen LogP contribution in [0.4, 0.5) is 4.79 Å². The molecular formula is C48H76N2O12. The molecule has 5 aliphatic heterocycles. The first-order valence-electron chi connectivity index (χ1n) is 23.5. The van der Waals surface area contributed by atoms with Crippen LogP contribution in [0.15, 0.2) is 12.2 Å². The van der Waals surface area contributed by atoms with Gasteiger partial charge in [0.1, 0.15) is 17.9 Å². The summed E-state index contributed by atoms with van der Waals surface area (Å²) in [6.07, 6.45) is 5.96. The summed E-state index contributed by atoms with van der Waals surface area (Å²) in [5, 5.41) is 45.8. The molecule has 1 saturated carbocycles. The Morgan fingerprint density at radius 3 is 2.24 bits per heavy atom. The number of rotatable bonds is 13. The number of ketones is 1. The molecule has 0 aromatic heterocycles. The van der Waals surface area contributed by atoms with Crippen molar-refractivity contribution in [1.29, 1.82) is 5.26 Å². The largest absolute Gasteiger partial charge is 0.481 e. The van der Waals surface area contributed by atoms with Gasteiger partial charge in [-0.2, -0.15) is 5.26 Å². The highest BCUT2D eigenvalue weighted by Gasteiger charge is 2.74. The molecule has 3 spiro atoms. The van der Waals surface area contributed by atoms with Gasteiger partial charge in [-0.15, -0.1) is 0 Å². The fraction of sp³-hybridized carbons (Fsp3) is 0.875. The number of hydrogen-bond acceptors (Lipinski definition) is 12. The van der Waals surface area contributed by atoms with Gasteiger partial charge in [0.05, 0.1) is 53.2 Å². The highest BCUT2D eigenvalue weighted by atomic mass is 16.8. The second-order valence-electron chi connectivity index (χ2n) is 21.1. The third kappa shape index (κ3) is 8.39. The van der Waals surface area contributed by atoms with Crippen molar-refractivity contribution in [3.05, 3.63) is 12.2 Å². The first-order chi connectivity index (χ1) is 28.8. The number of aliphatic carboxylic acids is 1. The summed E-state index contributed by atoms with van der Waals surface area (Å²) in [6.45, 7) is 22.6. The second-order valence-corrected chi connectivity index (χ2v) is 21.1. The van der Waals surface area contributed by atoms with E-state index in [1.807, 2.05) is 66.7 Å². The molecule has 6 aliphatic rings. The van der Waals surface area contributed by atoms with E-state index in [-0.39, 0.29) is 29.6 Å². The van der Waals surface area contributed by atoms with E-state index in [1.54, 1.807) is 6.92 Å². The SMILES string of the molecule is CC[C@@H](C(=O)[C@@H](C)[C@@H](O)C1(C)C[C@]12O[C@@H]([C@@H](CC)C(=O)O)CC[C@@H]2C)[C@H]1O[C@]2(C=C[C@@H](NC(=O)OC(C)(C)C#N)[C@]3(CC[C@@](C)([C@H]4CC[C@](O)(CC)[C@H](C)O4)O3)O2)[C@H](C)C[C@@H]1C. The van der Waals surface area contributed by atoms with E-state index in [9.17, 15) is 35.0 Å². The second kappa shape index (κ2) is 17.3. The highest BCUT2D eigenvalue weighted by Crippen LogP contribution is 2.68. The number of carbonyl (C=O) groups excluding carboxylic acids is 2. The Bertz CT molecular complexity index is 1770. The Morgan fingerprint density at radius 2 is 1.65 bits per heavy atom. The zero-order chi connectivity index (χ0) is 46.0. The Hall–Kier alpha value is -2.64. The summed E-state index contributed by atoms with van der Waals surface area (Å²) in [5.41, 5.74) is -4.66. The zero-order valence-electron chi connectivity index (χ0n) is 39.3. The quantitative estimate of drug-likeness (QED) is 0.134. The van der Waals surface area contributed by atoms with Gasteiger partial charge in [0.15, 0.2) is 17.2 Å². The first-order valence-corrected chi connectivity index (χ1v) is 23.5. The molecule has 6 rings (SSSR count). The van der Waals surface area contributed by atoms with E-state index in [2.05, 4.69) is 19.2 Å². The van der Waals surface area contributed by atoms with E-state index < -0.39 is 99.7 Å². The van der Waals surface area contributed by atoms with Crippen molar-refractivity contribution in [2.75, 3.05) is 0 Å². The standard InChI is InChI=1S/C48H76N2O12/c1-13-32(40(53)54)34-17-16-28(5)46(58-34)25-43(46,11)39(52)30(7)37(51)33(14-2)38-27(4)24-29(6)47(59-38)21-18-35(50-41(55)60-42(9,10)26-49)48(62-47)23-22-44(12,61-48)36-19-20-45(56,15-3)31(8)57-36/h18,21,27-36,38-39,52,56H,13-17,19-20,22-25H2,1-12H3,(H,50,55)(H,53,54)/t27-,28-,29+,30+,31-,32+,33-,34+,35+,36+,38-,39+,43?,44-,45+,46+,47-,48-/m0/s1. The first kappa shape index (κ1) is 48.8. The normalized spacial score (nSPS) is 44.9. The van der Waals surface area contributed by atoms with Crippen molar-refractivity contribution < 1.29 is 58.1 Å². The Kier molecular flexibility index (Phi) is 13.6. The monoisotopic (exact) mass is 873 g/mol. The molecule has 5 fully saturated rings. The van der Waals surface area contributed by atoms with Gasteiger partial charge in [-0.25, -0.2) is 4.79 Å². The van der Waals surface area contributed by atoms with Gasteiger partial charge >= 0.3 is 12.1 Å². The average Bonchev–Trinajstić information content (AvgIpc) is 3.67. The lowest BCUT2D eigenvalue weighted by molar-refractivity contribution is -0.398. The minimum absolute atomic E-state index is 0.0580. The third-order valence-electron chi connectivity index (χ3n) is 16.6. The molecule has 14 nitrogen and oxygen atoms in total. The van der Waals surface area contributed by atoms with Crippen molar-refractivity contribution in [1.82, 2.24) is 5.32 Å². The summed E-state index contributed by atoms with van der Waals surface area (Å²) in [4.78, 5) is 40.3. The topological polar surface area (TPSA) is 203 Å². The number of nitriles is 1. The van der Waals surface area contributed by atoms with Gasteiger partial charge in [0.25, 0.3) is 0 Å². The van der Waals surface area contributed by atoms with E-state index in [1.165, 1.54) is 13.8 Å². The number of alkyl carbamates (subject to hydrolysis) is 1. The number of carboxylic acids is 1. The van der Waals surface area contributed by atoms with Gasteiger partial charge in [0, 0.05) is 29.6 Å². The maximum absolute atomic E-state index is 14.8. The van der Waals surface area contributed by atoms with Crippen LogP contribution in [-0.4, -0.2) is 104 Å². The summed E-state index contributed by atoms with van der Waals surface area (Å²) in [5.74, 6) is -5.97. The molecule has 5 heterocycles. The number of nitrogens with one attached hydrogen (secondary N) is 1. The highest BCUT2D eigenvalue weighted by molar-refractivity contribution is 5.84. The molecule has 1 aliphatic carbocycles. The van der Waals surface area contributed by atoms with Crippen LogP contribution < -0.4 is 5.32 Å². The molecule has 0 aromatic rings. The number of amides is 1. The molecule has 14 heteroatoms. The van der Waals surface area contributed by atoms with Crippen molar-refractivity contribution in [3.63, 3.8) is 0 Å². The zero-order valence-corrected chi connectivity index (χ0v) is 39.3. The molecule has 4 saturated heterocycles. The van der Waals surface area contributed by atoms with Crippen molar-refractivity contribution in [3.8, 4) is 6.07 Å². The van der Waals surface area contributed by atoms with Gasteiger partial charge in [-0.1, -0.05) is 61.5 Å². The Balaban J connectivity index is 1.26. The van der Waals surface area contributed by atoms with Crippen molar-refractivity contribution in [2.24, 2.45) is 40.9 Å². The molecule has 0 radical (unpaired) electrons. The molecule has 62 heavy (non-hydrogen) atoms. The van der Waals surface area contributed by atoms with Crippen LogP contribution in [0, 0.1) is 52.3 Å². The van der Waals surface area contributed by atoms with E-state index >= 15 is 0 Å². The number of aliphatic hydroxyl groups excluding tert-OH is 1. The van der Waals surface area contributed by atoms with Crippen LogP contribution in [-0.2, 0) is 38.0 Å². The van der Waals surface area contributed by atoms with Crippen LogP contribution >= 0.6 is 0 Å². The molecule has 1 unspecified atom stereocenters. The summed E-state index contributed by atoms with van der Waals surface area (Å²) in [6, 6.07) is 1.14. The minimum atomic E-state index is -1.46. The fourth-order valence-electron chi connectivity index (χ4n) is 12.2. The third-order valence-corrected chi connectivity index (χ3v) is 16.6. The fourth-order valence-corrected chi connectivity index (χ4v) is 12.2. The number of carboxylic acid groups (broad SMARTS) is 1. The molecule has 350 valence electrons. The smallest absolute Gasteiger partial charge is 0.409 e. The Morgan fingerprint density at radius 1 is 0.968 bits per heavy atom. The van der Waals surface area contributed by atoms with Gasteiger partial charge < -0.3 is 49.1 Å². The van der Waals surface area contributed by atoms with Crippen LogP contribution in [0.2, 0.25) is 0 Å². The molecular weight excluding hydrogens is 797 g/mol. The van der Waals surface area contributed by atoms with Gasteiger partial charge in [-0.3, -0.25) is 9.59 Å². The maximum atomic E-state index is 14.8. The van der Waals surface area contributed by atoms with Crippen molar-refractivity contribution in [2.45, 2.75) is 224 Å². The van der Waals surface area contributed by atoms with E-state index in [0.717, 1.165) is 6.42 Å². The predicted octanol–water partition coefficient (Wildman–Crippen LogP) is 7.37.